The first-order chi connectivity index (χ1) is 7.77. The summed E-state index contributed by atoms with van der Waals surface area (Å²) in [6, 6.07) is 2.26. The van der Waals surface area contributed by atoms with Gasteiger partial charge < -0.3 is 4.42 Å². The predicted octanol–water partition coefficient (Wildman–Crippen LogP) is 5.58. The van der Waals surface area contributed by atoms with Crippen molar-refractivity contribution in [1.29, 1.82) is 0 Å². The minimum Gasteiger partial charge on any atom is -0.469 e. The van der Waals surface area contributed by atoms with Gasteiger partial charge in [0.25, 0.3) is 0 Å². The van der Waals surface area contributed by atoms with Crippen molar-refractivity contribution >= 4 is 0 Å². The van der Waals surface area contributed by atoms with Gasteiger partial charge in [0.05, 0.1) is 6.26 Å². The smallest absolute Gasteiger partial charge is 0.107 e. The highest BCUT2D eigenvalue weighted by atomic mass is 16.3. The molecule has 0 saturated heterocycles. The molecule has 1 heteroatoms. The Bertz CT molecular complexity index is 341. The molecule has 2 atom stereocenters. The maximum atomic E-state index is 5.84. The van der Waals surface area contributed by atoms with Crippen LogP contribution >= 0.6 is 0 Å². The zero-order chi connectivity index (χ0) is 13.2. The van der Waals surface area contributed by atoms with E-state index in [2.05, 4.69) is 54.5 Å². The quantitative estimate of drug-likeness (QED) is 0.665. The molecule has 1 aromatic rings. The number of hydrogen-bond acceptors (Lipinski definition) is 1. The van der Waals surface area contributed by atoms with Crippen molar-refractivity contribution in [3.05, 3.63) is 23.7 Å². The molecule has 17 heavy (non-hydrogen) atoms. The summed E-state index contributed by atoms with van der Waals surface area (Å²) < 4.78 is 5.84. The molecular weight excluding hydrogens is 208 g/mol. The lowest BCUT2D eigenvalue weighted by atomic mass is 9.71. The van der Waals surface area contributed by atoms with E-state index in [4.69, 9.17) is 4.42 Å². The number of hydrogen-bond donors (Lipinski definition) is 0. The van der Waals surface area contributed by atoms with Crippen molar-refractivity contribution in [1.82, 2.24) is 0 Å². The molecule has 0 saturated carbocycles. The molecule has 0 N–H and O–H groups in total. The van der Waals surface area contributed by atoms with Gasteiger partial charge in [-0.2, -0.15) is 0 Å². The molecule has 0 aliphatic carbocycles. The van der Waals surface area contributed by atoms with Gasteiger partial charge in [0.2, 0.25) is 0 Å². The third-order valence-corrected chi connectivity index (χ3v) is 3.76. The summed E-state index contributed by atoms with van der Waals surface area (Å²) in [5.74, 6) is 2.86. The minimum absolute atomic E-state index is 0.252. The molecular formula is C16H28O. The first-order valence-electron chi connectivity index (χ1n) is 6.85. The Labute approximate surface area is 107 Å². The zero-order valence-electron chi connectivity index (χ0n) is 12.5. The van der Waals surface area contributed by atoms with Crippen LogP contribution in [0.5, 0.6) is 0 Å². The highest BCUT2D eigenvalue weighted by molar-refractivity contribution is 5.21. The molecule has 1 unspecified atom stereocenters. The van der Waals surface area contributed by atoms with Crippen LogP contribution in [-0.4, -0.2) is 0 Å². The molecule has 0 fully saturated rings. The molecule has 0 amide bonds. The summed E-state index contributed by atoms with van der Waals surface area (Å²) in [5.41, 5.74) is 1.57. The van der Waals surface area contributed by atoms with Crippen LogP contribution in [0.4, 0.5) is 0 Å². The Morgan fingerprint density at radius 1 is 1.18 bits per heavy atom. The van der Waals surface area contributed by atoms with Crippen LogP contribution in [0.2, 0.25) is 0 Å². The predicted molar refractivity (Wildman–Crippen MR) is 74.4 cm³/mol. The second-order valence-electron chi connectivity index (χ2n) is 6.67. The van der Waals surface area contributed by atoms with Crippen LogP contribution in [0.25, 0.3) is 0 Å². The van der Waals surface area contributed by atoms with Gasteiger partial charge >= 0.3 is 0 Å². The van der Waals surface area contributed by atoms with E-state index < -0.39 is 0 Å². The molecule has 1 nitrogen and oxygen atoms in total. The standard InChI is InChI=1S/C16H28O/c1-8-12(4)15(16(5,6)7)14-9-13(10-17-14)11(2)3/h9-12,15H,8H2,1-7H3/t12?,15-/m0/s1. The number of rotatable bonds is 4. The van der Waals surface area contributed by atoms with Crippen molar-refractivity contribution in [2.75, 3.05) is 0 Å². The third kappa shape index (κ3) is 3.37. The van der Waals surface area contributed by atoms with Crippen LogP contribution in [0.1, 0.15) is 78.0 Å². The summed E-state index contributed by atoms with van der Waals surface area (Å²) in [4.78, 5) is 0. The van der Waals surface area contributed by atoms with E-state index in [1.165, 1.54) is 12.0 Å². The molecule has 0 radical (unpaired) electrons. The summed E-state index contributed by atoms with van der Waals surface area (Å²) in [6.45, 7) is 15.9. The van der Waals surface area contributed by atoms with E-state index in [1.807, 2.05) is 6.26 Å². The van der Waals surface area contributed by atoms with Crippen LogP contribution in [0.15, 0.2) is 16.7 Å². The second kappa shape index (κ2) is 5.29. The summed E-state index contributed by atoms with van der Waals surface area (Å²) in [7, 11) is 0. The van der Waals surface area contributed by atoms with E-state index in [0.717, 1.165) is 5.76 Å². The molecule has 0 aliphatic rings. The van der Waals surface area contributed by atoms with Crippen molar-refractivity contribution in [2.45, 2.75) is 66.7 Å². The first kappa shape index (κ1) is 14.3. The van der Waals surface area contributed by atoms with Crippen molar-refractivity contribution < 1.29 is 4.42 Å². The highest BCUT2D eigenvalue weighted by Gasteiger charge is 2.32. The Balaban J connectivity index is 3.05. The van der Waals surface area contributed by atoms with Crippen LogP contribution in [0.3, 0.4) is 0 Å². The van der Waals surface area contributed by atoms with Crippen LogP contribution in [-0.2, 0) is 0 Å². The Kier molecular flexibility index (Phi) is 4.46. The van der Waals surface area contributed by atoms with Gasteiger partial charge in [-0.05, 0) is 28.9 Å². The molecule has 0 spiro atoms. The normalized spacial score (nSPS) is 16.2. The molecule has 1 heterocycles. The van der Waals surface area contributed by atoms with E-state index in [9.17, 15) is 0 Å². The van der Waals surface area contributed by atoms with Gasteiger partial charge in [-0.25, -0.2) is 0 Å². The van der Waals surface area contributed by atoms with Gasteiger partial charge in [-0.3, -0.25) is 0 Å². The van der Waals surface area contributed by atoms with Gasteiger partial charge in [0.15, 0.2) is 0 Å². The fraction of sp³-hybridized carbons (Fsp3) is 0.750. The lowest BCUT2D eigenvalue weighted by Gasteiger charge is -2.33. The highest BCUT2D eigenvalue weighted by Crippen LogP contribution is 2.43. The molecule has 0 aromatic carbocycles. The average Bonchev–Trinajstić information content (AvgIpc) is 2.64. The molecule has 0 aliphatic heterocycles. The lowest BCUT2D eigenvalue weighted by molar-refractivity contribution is 0.210. The fourth-order valence-corrected chi connectivity index (χ4v) is 2.63. The maximum absolute atomic E-state index is 5.84. The zero-order valence-corrected chi connectivity index (χ0v) is 12.5. The topological polar surface area (TPSA) is 13.1 Å². The minimum atomic E-state index is 0.252. The van der Waals surface area contributed by atoms with Crippen molar-refractivity contribution in [3.8, 4) is 0 Å². The van der Waals surface area contributed by atoms with E-state index in [1.54, 1.807) is 0 Å². The first-order valence-corrected chi connectivity index (χ1v) is 6.85. The van der Waals surface area contributed by atoms with E-state index >= 15 is 0 Å². The largest absolute Gasteiger partial charge is 0.469 e. The van der Waals surface area contributed by atoms with Gasteiger partial charge in [0.1, 0.15) is 5.76 Å². The van der Waals surface area contributed by atoms with Crippen molar-refractivity contribution in [2.24, 2.45) is 11.3 Å². The number of furan rings is 1. The summed E-state index contributed by atoms with van der Waals surface area (Å²) in [6.07, 6.45) is 3.13. The SMILES string of the molecule is CCC(C)[C@@H](c1cc(C(C)C)co1)C(C)(C)C. The summed E-state index contributed by atoms with van der Waals surface area (Å²) in [5, 5.41) is 0. The Hall–Kier alpha value is -0.720. The van der Waals surface area contributed by atoms with Gasteiger partial charge in [-0.1, -0.05) is 54.9 Å². The van der Waals surface area contributed by atoms with Gasteiger partial charge in [-0.15, -0.1) is 0 Å². The Morgan fingerprint density at radius 3 is 2.12 bits per heavy atom. The molecule has 1 rings (SSSR count). The monoisotopic (exact) mass is 236 g/mol. The second-order valence-corrected chi connectivity index (χ2v) is 6.67. The molecule has 98 valence electrons. The van der Waals surface area contributed by atoms with Crippen molar-refractivity contribution in [3.63, 3.8) is 0 Å². The fourth-order valence-electron chi connectivity index (χ4n) is 2.63. The average molecular weight is 236 g/mol. The summed E-state index contributed by atoms with van der Waals surface area (Å²) >= 11 is 0. The third-order valence-electron chi connectivity index (χ3n) is 3.76. The Morgan fingerprint density at radius 2 is 1.76 bits per heavy atom. The molecule has 1 aromatic heterocycles. The van der Waals surface area contributed by atoms with E-state index in [0.29, 0.717) is 17.8 Å². The molecule has 0 bridgehead atoms. The lowest BCUT2D eigenvalue weighted by Crippen LogP contribution is -2.24. The van der Waals surface area contributed by atoms with Crippen LogP contribution in [0, 0.1) is 11.3 Å². The van der Waals surface area contributed by atoms with Gasteiger partial charge in [0, 0.05) is 5.92 Å². The maximum Gasteiger partial charge on any atom is 0.107 e. The van der Waals surface area contributed by atoms with Crippen LogP contribution < -0.4 is 0 Å². The van der Waals surface area contributed by atoms with E-state index in [-0.39, 0.29) is 5.41 Å².